The molecular formula is C20H16ClN4O3+. The van der Waals surface area contributed by atoms with Gasteiger partial charge in [-0.25, -0.2) is 4.79 Å². The number of fused-ring (bicyclic) bond motifs is 1. The van der Waals surface area contributed by atoms with Gasteiger partial charge in [-0.15, -0.1) is 0 Å². The summed E-state index contributed by atoms with van der Waals surface area (Å²) in [5.74, 6) is -0.174. The zero-order valence-electron chi connectivity index (χ0n) is 14.8. The predicted octanol–water partition coefficient (Wildman–Crippen LogP) is 3.23. The van der Waals surface area contributed by atoms with Crippen molar-refractivity contribution in [2.24, 2.45) is 5.92 Å². The Bertz CT molecular complexity index is 1070. The van der Waals surface area contributed by atoms with Gasteiger partial charge in [-0.1, -0.05) is 59.8 Å². The lowest BCUT2D eigenvalue weighted by molar-refractivity contribution is -0.459. The minimum absolute atomic E-state index is 0.0529. The largest absolute Gasteiger partial charge is 0.501 e. The highest BCUT2D eigenvalue weighted by atomic mass is 35.5. The van der Waals surface area contributed by atoms with Crippen molar-refractivity contribution >= 4 is 29.3 Å². The number of benzene rings is 1. The van der Waals surface area contributed by atoms with Crippen molar-refractivity contribution in [3.8, 4) is 11.4 Å². The third-order valence-electron chi connectivity index (χ3n) is 4.46. The van der Waals surface area contributed by atoms with Gasteiger partial charge in [0, 0.05) is 10.6 Å². The molecule has 1 unspecified atom stereocenters. The molecule has 0 radical (unpaired) electrons. The van der Waals surface area contributed by atoms with E-state index in [1.807, 2.05) is 6.07 Å². The van der Waals surface area contributed by atoms with Gasteiger partial charge in [0.15, 0.2) is 6.54 Å². The lowest BCUT2D eigenvalue weighted by atomic mass is 9.94. The Kier molecular flexibility index (Phi) is 4.75. The van der Waals surface area contributed by atoms with Crippen LogP contribution in [0.15, 0.2) is 65.7 Å². The molecule has 1 aromatic carbocycles. The van der Waals surface area contributed by atoms with E-state index >= 15 is 0 Å². The molecule has 0 spiro atoms. The highest BCUT2D eigenvalue weighted by molar-refractivity contribution is 6.30. The van der Waals surface area contributed by atoms with Gasteiger partial charge in [0.25, 0.3) is 5.89 Å². The van der Waals surface area contributed by atoms with E-state index < -0.39 is 11.9 Å². The van der Waals surface area contributed by atoms with E-state index in [9.17, 15) is 9.59 Å². The Labute approximate surface area is 165 Å². The number of halogens is 1. The molecule has 0 bridgehead atoms. The maximum atomic E-state index is 12.9. The van der Waals surface area contributed by atoms with E-state index in [-0.39, 0.29) is 24.9 Å². The Morgan fingerprint density at radius 1 is 1.32 bits per heavy atom. The number of imide groups is 1. The molecule has 0 saturated heterocycles. The van der Waals surface area contributed by atoms with Crippen LogP contribution < -0.4 is 0 Å². The first-order valence-electron chi connectivity index (χ1n) is 8.62. The fraction of sp³-hybridized carbons (Fsp3) is 0.150. The smallest absolute Gasteiger partial charge is 0.335 e. The molecule has 1 aromatic heterocycles. The van der Waals surface area contributed by atoms with Crippen molar-refractivity contribution in [1.82, 2.24) is 15.0 Å². The molecule has 0 saturated carbocycles. The summed E-state index contributed by atoms with van der Waals surface area (Å²) in [5, 5.41) is 4.53. The average molecular weight is 396 g/mol. The fourth-order valence-electron chi connectivity index (χ4n) is 3.17. The average Bonchev–Trinajstić information content (AvgIpc) is 3.17. The number of aromatic nitrogens is 2. The lowest BCUT2D eigenvalue weighted by Gasteiger charge is -2.25. The van der Waals surface area contributed by atoms with Crippen LogP contribution in [0.2, 0.25) is 5.02 Å². The van der Waals surface area contributed by atoms with Gasteiger partial charge in [0.05, 0.1) is 0 Å². The molecule has 0 N–H and O–H groups in total. The van der Waals surface area contributed by atoms with Gasteiger partial charge >= 0.3 is 11.9 Å². The molecule has 28 heavy (non-hydrogen) atoms. The van der Waals surface area contributed by atoms with Crippen molar-refractivity contribution in [2.45, 2.75) is 6.54 Å². The van der Waals surface area contributed by atoms with Crippen LogP contribution in [-0.2, 0) is 11.3 Å². The normalized spacial score (nSPS) is 18.6. The van der Waals surface area contributed by atoms with Crippen LogP contribution in [0.5, 0.6) is 0 Å². The van der Waals surface area contributed by atoms with Gasteiger partial charge in [0.2, 0.25) is 5.82 Å². The van der Waals surface area contributed by atoms with Crippen molar-refractivity contribution in [1.29, 1.82) is 0 Å². The molecule has 7 nitrogen and oxygen atoms in total. The molecule has 1 atom stereocenters. The van der Waals surface area contributed by atoms with Gasteiger partial charge in [0.1, 0.15) is 18.2 Å². The molecule has 2 heterocycles. The quantitative estimate of drug-likeness (QED) is 0.573. The first-order valence-corrected chi connectivity index (χ1v) is 9.00. The van der Waals surface area contributed by atoms with Crippen LogP contribution in [0.25, 0.3) is 11.4 Å². The standard InChI is InChI=1S/C20H16ClN4O3/c1-2-10-24-19(26)15-8-3-4-9-16(15)25(20(24)27)12-17-22-18(23-28-17)13-6-5-7-14(21)11-13/h2-9,11,15H,1,10,12H2/q+1. The molecule has 1 aliphatic carbocycles. The van der Waals surface area contributed by atoms with Crippen molar-refractivity contribution in [3.63, 3.8) is 0 Å². The number of nitrogens with zero attached hydrogens (tertiary/aromatic N) is 4. The lowest BCUT2D eigenvalue weighted by Crippen LogP contribution is -2.54. The Balaban J connectivity index is 1.69. The SMILES string of the molecule is C=CCN1C(=O)C2C=CC=CC2=[N+](Cc2nc(-c3cccc(Cl)c3)no2)C1=O. The van der Waals surface area contributed by atoms with E-state index in [1.54, 1.807) is 42.5 Å². The third kappa shape index (κ3) is 3.20. The molecule has 2 aliphatic rings. The molecule has 8 heteroatoms. The van der Waals surface area contributed by atoms with Crippen LogP contribution in [0, 0.1) is 5.92 Å². The van der Waals surface area contributed by atoms with Gasteiger partial charge < -0.3 is 4.52 Å². The first kappa shape index (κ1) is 18.1. The van der Waals surface area contributed by atoms with Gasteiger partial charge in [-0.05, 0) is 18.2 Å². The number of hydrogen-bond donors (Lipinski definition) is 0. The van der Waals surface area contributed by atoms with Crippen molar-refractivity contribution in [3.05, 3.63) is 72.1 Å². The summed E-state index contributed by atoms with van der Waals surface area (Å²) in [6.07, 6.45) is 8.60. The van der Waals surface area contributed by atoms with E-state index in [4.69, 9.17) is 16.1 Å². The van der Waals surface area contributed by atoms with Gasteiger partial charge in [-0.2, -0.15) is 19.3 Å². The maximum absolute atomic E-state index is 12.9. The van der Waals surface area contributed by atoms with E-state index in [0.29, 0.717) is 22.1 Å². The topological polar surface area (TPSA) is 79.3 Å². The highest BCUT2D eigenvalue weighted by Gasteiger charge is 2.46. The second kappa shape index (κ2) is 7.36. The number of carbonyl (C=O) groups excluding carboxylic acids is 2. The zero-order chi connectivity index (χ0) is 19.7. The second-order valence-corrected chi connectivity index (χ2v) is 6.71. The van der Waals surface area contributed by atoms with Gasteiger partial charge in [-0.3, -0.25) is 0 Å². The number of carbonyl (C=O) groups is 2. The summed E-state index contributed by atoms with van der Waals surface area (Å²) in [5.41, 5.74) is 1.29. The van der Waals surface area contributed by atoms with Crippen LogP contribution in [0.3, 0.4) is 0 Å². The first-order chi connectivity index (χ1) is 13.6. The third-order valence-corrected chi connectivity index (χ3v) is 4.70. The molecule has 4 rings (SSSR count). The number of allylic oxidation sites excluding steroid dienone is 3. The summed E-state index contributed by atoms with van der Waals surface area (Å²) in [7, 11) is 0. The Hall–Kier alpha value is -3.32. The number of urea groups is 1. The summed E-state index contributed by atoms with van der Waals surface area (Å²) in [4.78, 5) is 31.1. The molecule has 0 fully saturated rings. The minimum Gasteiger partial charge on any atom is -0.335 e. The van der Waals surface area contributed by atoms with Crippen LogP contribution >= 0.6 is 11.6 Å². The monoisotopic (exact) mass is 395 g/mol. The maximum Gasteiger partial charge on any atom is 0.501 e. The summed E-state index contributed by atoms with van der Waals surface area (Å²) < 4.78 is 6.81. The zero-order valence-corrected chi connectivity index (χ0v) is 15.5. The molecule has 3 amide bonds. The molecular weight excluding hydrogens is 380 g/mol. The summed E-state index contributed by atoms with van der Waals surface area (Å²) >= 11 is 6.01. The number of hydrogen-bond acceptors (Lipinski definition) is 5. The van der Waals surface area contributed by atoms with Crippen LogP contribution in [0.1, 0.15) is 5.89 Å². The minimum atomic E-state index is -0.530. The number of amides is 3. The molecule has 2 aromatic rings. The van der Waals surface area contributed by atoms with Crippen LogP contribution in [0.4, 0.5) is 4.79 Å². The van der Waals surface area contributed by atoms with E-state index in [0.717, 1.165) is 0 Å². The molecule has 1 aliphatic heterocycles. The van der Waals surface area contributed by atoms with Crippen molar-refractivity contribution < 1.29 is 18.7 Å². The van der Waals surface area contributed by atoms with E-state index in [1.165, 1.54) is 15.6 Å². The second-order valence-electron chi connectivity index (χ2n) is 6.27. The van der Waals surface area contributed by atoms with Crippen molar-refractivity contribution in [2.75, 3.05) is 6.54 Å². The Morgan fingerprint density at radius 3 is 2.96 bits per heavy atom. The molecule has 140 valence electrons. The van der Waals surface area contributed by atoms with Crippen LogP contribution in [-0.4, -0.2) is 43.8 Å². The summed E-state index contributed by atoms with van der Waals surface area (Å²) in [6, 6.07) is 6.64. The van der Waals surface area contributed by atoms with E-state index in [2.05, 4.69) is 16.7 Å². The summed E-state index contributed by atoms with van der Waals surface area (Å²) in [6.45, 7) is 3.81. The predicted molar refractivity (Wildman–Crippen MR) is 103 cm³/mol. The fourth-order valence-corrected chi connectivity index (χ4v) is 3.36. The Morgan fingerprint density at radius 2 is 2.18 bits per heavy atom. The highest BCUT2D eigenvalue weighted by Crippen LogP contribution is 2.23. The number of rotatable bonds is 5.